The molecule has 7 rings (SSSR count). The molecule has 1 aromatic carbocycles. The summed E-state index contributed by atoms with van der Waals surface area (Å²) >= 11 is 0. The van der Waals surface area contributed by atoms with Crippen molar-refractivity contribution in [3.05, 3.63) is 41.5 Å². The van der Waals surface area contributed by atoms with Crippen molar-refractivity contribution in [3.8, 4) is 0 Å². The molecule has 2 aliphatic heterocycles. The molecule has 2 saturated heterocycles. The molecule has 4 N–H and O–H groups in total. The maximum Gasteiger partial charge on any atom is 0.197 e. The fraction of sp³-hybridized carbons (Fsp3) is 0.630. The Bertz CT molecular complexity index is 1330. The van der Waals surface area contributed by atoms with E-state index in [0.29, 0.717) is 24.8 Å². The smallest absolute Gasteiger partial charge is 0.197 e. The van der Waals surface area contributed by atoms with E-state index in [1.54, 1.807) is 0 Å². The molecule has 3 heterocycles. The van der Waals surface area contributed by atoms with Crippen LogP contribution in [0.2, 0.25) is 0 Å². The topological polar surface area (TPSA) is 115 Å². The predicted octanol–water partition coefficient (Wildman–Crippen LogP) is 2.12. The third-order valence-electron chi connectivity index (χ3n) is 10.4. The summed E-state index contributed by atoms with van der Waals surface area (Å²) in [5, 5.41) is 44.6. The Morgan fingerprint density at radius 2 is 1.89 bits per heavy atom. The van der Waals surface area contributed by atoms with Crippen LogP contribution in [0.1, 0.15) is 44.6 Å². The molecule has 2 bridgehead atoms. The lowest BCUT2D eigenvalue weighted by Crippen LogP contribution is -2.78. The van der Waals surface area contributed by atoms with Crippen LogP contribution in [0.15, 0.2) is 35.9 Å². The van der Waals surface area contributed by atoms with Crippen LogP contribution in [-0.4, -0.2) is 91.0 Å². The van der Waals surface area contributed by atoms with Crippen molar-refractivity contribution in [2.24, 2.45) is 11.3 Å². The van der Waals surface area contributed by atoms with Gasteiger partial charge < -0.3 is 25.0 Å². The van der Waals surface area contributed by atoms with Crippen molar-refractivity contribution < 1.29 is 24.4 Å². The summed E-state index contributed by atoms with van der Waals surface area (Å²) in [5.41, 5.74) is -0.451. The number of nitrogens with zero attached hydrogens (tertiary/aromatic N) is 3. The Hall–Kier alpha value is -2.17. The lowest BCUT2D eigenvalue weighted by atomic mass is 9.55. The number of rotatable bonds is 2. The number of allylic oxidation sites excluding steroid dienone is 3. The Morgan fingerprint density at radius 1 is 1.11 bits per heavy atom. The van der Waals surface area contributed by atoms with Crippen LogP contribution in [0.5, 0.6) is 0 Å². The number of hydrogen-bond acceptors (Lipinski definition) is 7. The molecule has 192 valence electrons. The van der Waals surface area contributed by atoms with Gasteiger partial charge in [0.15, 0.2) is 5.67 Å². The van der Waals surface area contributed by atoms with Crippen molar-refractivity contribution >= 4 is 16.6 Å². The molecular weight excluding hydrogens is 463 g/mol. The molecule has 9 atom stereocenters. The van der Waals surface area contributed by atoms with Crippen LogP contribution in [0.3, 0.4) is 0 Å². The highest BCUT2D eigenvalue weighted by Crippen LogP contribution is 2.70. The third-order valence-corrected chi connectivity index (χ3v) is 10.4. The zero-order valence-electron chi connectivity index (χ0n) is 20.8. The molecule has 2 aromatic rings. The van der Waals surface area contributed by atoms with Gasteiger partial charge in [-0.15, -0.1) is 0 Å². The number of hydrogen-bond donors (Lipinski definition) is 4. The number of aromatic nitrogens is 3. The van der Waals surface area contributed by atoms with E-state index in [-0.39, 0.29) is 17.8 Å². The number of H-pyrrole nitrogens is 1. The summed E-state index contributed by atoms with van der Waals surface area (Å²) in [5.74, 6) is 0.0216. The molecule has 3 fully saturated rings. The Labute approximate surface area is 208 Å². The van der Waals surface area contributed by atoms with E-state index in [0.717, 1.165) is 23.0 Å². The number of halogens is 1. The third kappa shape index (κ3) is 2.46. The van der Waals surface area contributed by atoms with Crippen LogP contribution in [0, 0.1) is 11.3 Å². The first-order chi connectivity index (χ1) is 17.1. The number of aliphatic hydroxyl groups excluding tert-OH is 3. The van der Waals surface area contributed by atoms with Crippen LogP contribution < -0.4 is 0 Å². The van der Waals surface area contributed by atoms with Crippen molar-refractivity contribution in [2.45, 2.75) is 80.3 Å². The van der Waals surface area contributed by atoms with Gasteiger partial charge in [-0.1, -0.05) is 25.1 Å². The van der Waals surface area contributed by atoms with E-state index in [4.69, 9.17) is 4.74 Å². The zero-order valence-corrected chi connectivity index (χ0v) is 20.8. The Balaban J connectivity index is 1.32. The van der Waals surface area contributed by atoms with Gasteiger partial charge >= 0.3 is 0 Å². The second-order valence-corrected chi connectivity index (χ2v) is 12.0. The minimum absolute atomic E-state index is 0.0216. The predicted molar refractivity (Wildman–Crippen MR) is 131 cm³/mol. The average molecular weight is 497 g/mol. The van der Waals surface area contributed by atoms with Crippen LogP contribution in [-0.2, 0) is 4.74 Å². The molecule has 0 radical (unpaired) electrons. The lowest BCUT2D eigenvalue weighted by molar-refractivity contribution is -0.308. The SMILES string of the molecule is CN(C)[C@H]1C[C@@]23CC[C@@]4(O2)C(=CC[C@]2(C)C(c5ccc6n[nH]nc6c5)=CCC24)C(O)C3(F)[C@@H](O)[C@@H]1O. The summed E-state index contributed by atoms with van der Waals surface area (Å²) in [7, 11) is 3.63. The summed E-state index contributed by atoms with van der Waals surface area (Å²) < 4.78 is 23.9. The summed E-state index contributed by atoms with van der Waals surface area (Å²) in [6, 6.07) is 5.61. The van der Waals surface area contributed by atoms with Gasteiger partial charge in [0, 0.05) is 17.4 Å². The Kier molecular flexibility index (Phi) is 4.48. The van der Waals surface area contributed by atoms with E-state index >= 15 is 4.39 Å². The lowest BCUT2D eigenvalue weighted by Gasteiger charge is -2.62. The second-order valence-electron chi connectivity index (χ2n) is 12.0. The summed E-state index contributed by atoms with van der Waals surface area (Å²) in [4.78, 5) is 1.81. The van der Waals surface area contributed by atoms with Gasteiger partial charge in [-0.3, -0.25) is 0 Å². The highest BCUT2D eigenvalue weighted by molar-refractivity contribution is 5.82. The van der Waals surface area contributed by atoms with Gasteiger partial charge in [-0.05, 0) is 75.0 Å². The van der Waals surface area contributed by atoms with Gasteiger partial charge in [0.1, 0.15) is 28.8 Å². The van der Waals surface area contributed by atoms with Gasteiger partial charge in [-0.25, -0.2) is 4.39 Å². The minimum Gasteiger partial charge on any atom is -0.389 e. The highest BCUT2D eigenvalue weighted by Gasteiger charge is 2.79. The van der Waals surface area contributed by atoms with Crippen LogP contribution in [0.4, 0.5) is 4.39 Å². The monoisotopic (exact) mass is 496 g/mol. The number of fused-ring (bicyclic) bond motifs is 2. The molecule has 36 heavy (non-hydrogen) atoms. The molecule has 0 amide bonds. The number of aliphatic hydroxyl groups is 3. The zero-order chi connectivity index (χ0) is 25.3. The summed E-state index contributed by atoms with van der Waals surface area (Å²) in [6.45, 7) is 2.24. The van der Waals surface area contributed by atoms with E-state index in [1.165, 1.54) is 5.57 Å². The van der Waals surface area contributed by atoms with Gasteiger partial charge in [-0.2, -0.15) is 15.4 Å². The molecule has 8 nitrogen and oxygen atoms in total. The molecule has 9 heteroatoms. The van der Waals surface area contributed by atoms with Gasteiger partial charge in [0.25, 0.3) is 0 Å². The molecule has 2 spiro atoms. The molecule has 5 aliphatic rings. The quantitative estimate of drug-likeness (QED) is 0.471. The van der Waals surface area contributed by atoms with Crippen molar-refractivity contribution in [1.29, 1.82) is 0 Å². The normalized spacial score (nSPS) is 47.4. The fourth-order valence-electron chi connectivity index (χ4n) is 8.54. The average Bonchev–Trinajstić information content (AvgIpc) is 3.55. The molecular formula is C27H33FN4O4. The standard InChI is InChI=1S/C27H33FN4O4/c1-24-9-8-16-22(34)27(28)23(35)21(33)19(32(2)3)13-25(27)10-11-26(16,36-25)20(24)7-5-15(24)14-4-6-17-18(12-14)30-31-29-17/h4-6,8,12,19-23,33-35H,7,9-11,13H2,1-3H3,(H,29,30,31)/t19-,20?,21+,22?,23-,24+,25+,26+,27?/m0/s1. The van der Waals surface area contributed by atoms with E-state index < -0.39 is 41.2 Å². The first-order valence-corrected chi connectivity index (χ1v) is 12.9. The number of nitrogens with one attached hydrogen (secondary N) is 1. The minimum atomic E-state index is -2.47. The van der Waals surface area contributed by atoms with E-state index in [2.05, 4.69) is 40.5 Å². The van der Waals surface area contributed by atoms with Crippen molar-refractivity contribution in [1.82, 2.24) is 20.3 Å². The number of alkyl halides is 1. The number of likely N-dealkylation sites (N-methyl/N-ethyl adjacent to an activating group) is 1. The van der Waals surface area contributed by atoms with Crippen molar-refractivity contribution in [2.75, 3.05) is 14.1 Å². The van der Waals surface area contributed by atoms with Gasteiger partial charge in [0.05, 0.1) is 11.7 Å². The number of aromatic amines is 1. The number of ether oxygens (including phenoxy) is 1. The largest absolute Gasteiger partial charge is 0.389 e. The fourth-order valence-corrected chi connectivity index (χ4v) is 8.54. The number of benzene rings is 1. The van der Waals surface area contributed by atoms with Crippen molar-refractivity contribution in [3.63, 3.8) is 0 Å². The molecule has 3 aliphatic carbocycles. The first-order valence-electron chi connectivity index (χ1n) is 12.9. The molecule has 3 unspecified atom stereocenters. The van der Waals surface area contributed by atoms with E-state index in [1.807, 2.05) is 31.1 Å². The maximum absolute atomic E-state index is 17.0. The van der Waals surface area contributed by atoms with Crippen LogP contribution >= 0.6 is 0 Å². The van der Waals surface area contributed by atoms with Crippen LogP contribution in [0.25, 0.3) is 16.6 Å². The highest BCUT2D eigenvalue weighted by atomic mass is 19.1. The molecule has 1 aromatic heterocycles. The summed E-state index contributed by atoms with van der Waals surface area (Å²) in [6.07, 6.45) is 2.18. The van der Waals surface area contributed by atoms with E-state index in [9.17, 15) is 15.3 Å². The first kappa shape index (κ1) is 23.0. The maximum atomic E-state index is 17.0. The molecule has 1 saturated carbocycles. The Morgan fingerprint density at radius 3 is 2.67 bits per heavy atom. The van der Waals surface area contributed by atoms with Gasteiger partial charge in [0.2, 0.25) is 0 Å². The second kappa shape index (κ2) is 7.02.